The molecule has 0 unspecified atom stereocenters. The van der Waals surface area contributed by atoms with E-state index in [2.05, 4.69) is 4.90 Å². The smallest absolute Gasteiger partial charge is 0.131 e. The minimum Gasteiger partial charge on any atom is -0.389 e. The van der Waals surface area contributed by atoms with Crippen molar-refractivity contribution in [2.24, 2.45) is 0 Å². The van der Waals surface area contributed by atoms with Crippen LogP contribution in [0.25, 0.3) is 0 Å². The normalized spacial score (nSPS) is 17.7. The second-order valence-electron chi connectivity index (χ2n) is 5.32. The van der Waals surface area contributed by atoms with Crippen molar-refractivity contribution < 1.29 is 9.50 Å². The number of hydrogen-bond donors (Lipinski definition) is 1. The summed E-state index contributed by atoms with van der Waals surface area (Å²) in [7, 11) is 1.96. The van der Waals surface area contributed by atoms with Crippen LogP contribution in [-0.2, 0) is 0 Å². The van der Waals surface area contributed by atoms with Crippen LogP contribution >= 0.6 is 0 Å². The molecule has 1 saturated heterocycles. The van der Waals surface area contributed by atoms with E-state index in [0.717, 1.165) is 18.8 Å². The Morgan fingerprint density at radius 2 is 2.05 bits per heavy atom. The van der Waals surface area contributed by atoms with Gasteiger partial charge in [0.15, 0.2) is 0 Å². The van der Waals surface area contributed by atoms with Crippen molar-refractivity contribution in [2.75, 3.05) is 38.1 Å². The largest absolute Gasteiger partial charge is 0.389 e. The van der Waals surface area contributed by atoms with E-state index in [1.54, 1.807) is 13.0 Å². The summed E-state index contributed by atoms with van der Waals surface area (Å²) in [4.78, 5) is 4.46. The summed E-state index contributed by atoms with van der Waals surface area (Å²) in [6.45, 7) is 5.78. The number of halogens is 1. The molecule has 0 amide bonds. The van der Waals surface area contributed by atoms with Crippen molar-refractivity contribution in [3.8, 4) is 0 Å². The molecule has 19 heavy (non-hydrogen) atoms. The van der Waals surface area contributed by atoms with Crippen LogP contribution in [0.1, 0.15) is 31.4 Å². The molecule has 4 heteroatoms. The van der Waals surface area contributed by atoms with Gasteiger partial charge in [-0.05, 0) is 45.0 Å². The molecule has 1 N–H and O–H groups in total. The van der Waals surface area contributed by atoms with E-state index in [0.29, 0.717) is 5.56 Å². The molecule has 106 valence electrons. The first-order valence-electron chi connectivity index (χ1n) is 6.99. The van der Waals surface area contributed by atoms with Crippen molar-refractivity contribution in [3.63, 3.8) is 0 Å². The van der Waals surface area contributed by atoms with Crippen molar-refractivity contribution in [1.29, 1.82) is 0 Å². The van der Waals surface area contributed by atoms with Gasteiger partial charge in [0.2, 0.25) is 0 Å². The van der Waals surface area contributed by atoms with Gasteiger partial charge >= 0.3 is 0 Å². The van der Waals surface area contributed by atoms with Crippen LogP contribution in [0, 0.1) is 5.82 Å². The van der Waals surface area contributed by atoms with E-state index in [-0.39, 0.29) is 5.82 Å². The SMILES string of the molecule is C[C@@H](O)c1c(F)cccc1N(C)CCN1CCCC1. The highest BCUT2D eigenvalue weighted by molar-refractivity contribution is 5.54. The van der Waals surface area contributed by atoms with Gasteiger partial charge in [-0.25, -0.2) is 4.39 Å². The Kier molecular flexibility index (Phi) is 4.77. The van der Waals surface area contributed by atoms with E-state index in [1.807, 2.05) is 18.0 Å². The molecule has 3 nitrogen and oxygen atoms in total. The number of benzene rings is 1. The molecule has 1 aliphatic heterocycles. The Morgan fingerprint density at radius 1 is 1.37 bits per heavy atom. The molecular formula is C15H23FN2O. The standard InChI is InChI=1S/C15H23FN2O/c1-12(19)15-13(16)6-5-7-14(15)17(2)10-11-18-8-3-4-9-18/h5-7,12,19H,3-4,8-11H2,1-2H3/t12-/m1/s1. The van der Waals surface area contributed by atoms with E-state index in [9.17, 15) is 9.50 Å². The van der Waals surface area contributed by atoms with Crippen molar-refractivity contribution >= 4 is 5.69 Å². The Balaban J connectivity index is 2.05. The molecule has 1 atom stereocenters. The number of likely N-dealkylation sites (N-methyl/N-ethyl adjacent to an activating group) is 1. The van der Waals surface area contributed by atoms with Gasteiger partial charge in [-0.15, -0.1) is 0 Å². The zero-order valence-corrected chi connectivity index (χ0v) is 11.8. The molecule has 0 bridgehead atoms. The number of hydrogen-bond acceptors (Lipinski definition) is 3. The van der Waals surface area contributed by atoms with Crippen molar-refractivity contribution in [3.05, 3.63) is 29.6 Å². The third-order valence-corrected chi connectivity index (χ3v) is 3.81. The van der Waals surface area contributed by atoms with Crippen LogP contribution in [0.3, 0.4) is 0 Å². The van der Waals surface area contributed by atoms with Crippen LogP contribution in [0.2, 0.25) is 0 Å². The van der Waals surface area contributed by atoms with E-state index in [1.165, 1.54) is 32.0 Å². The first-order chi connectivity index (χ1) is 9.09. The van der Waals surface area contributed by atoms with Crippen LogP contribution in [0.5, 0.6) is 0 Å². The Morgan fingerprint density at radius 3 is 2.68 bits per heavy atom. The molecule has 0 radical (unpaired) electrons. The number of aliphatic hydroxyl groups excluding tert-OH is 1. The summed E-state index contributed by atoms with van der Waals surface area (Å²) in [6, 6.07) is 4.97. The predicted octanol–water partition coefficient (Wildman–Crippen LogP) is 2.41. The molecule has 1 aromatic carbocycles. The van der Waals surface area contributed by atoms with Gasteiger partial charge < -0.3 is 14.9 Å². The molecule has 1 fully saturated rings. The van der Waals surface area contributed by atoms with Gasteiger partial charge in [0.25, 0.3) is 0 Å². The average Bonchev–Trinajstić information content (AvgIpc) is 2.88. The highest BCUT2D eigenvalue weighted by atomic mass is 19.1. The Bertz CT molecular complexity index is 417. The number of likely N-dealkylation sites (tertiary alicyclic amines) is 1. The van der Waals surface area contributed by atoms with Crippen molar-refractivity contribution in [1.82, 2.24) is 4.90 Å². The molecule has 0 saturated carbocycles. The second kappa shape index (κ2) is 6.35. The second-order valence-corrected chi connectivity index (χ2v) is 5.32. The summed E-state index contributed by atoms with van der Waals surface area (Å²) < 4.78 is 13.8. The van der Waals surface area contributed by atoms with Gasteiger partial charge in [0.05, 0.1) is 6.10 Å². The number of aliphatic hydroxyl groups is 1. The zero-order chi connectivity index (χ0) is 13.8. The maximum atomic E-state index is 13.8. The molecular weight excluding hydrogens is 243 g/mol. The van der Waals surface area contributed by atoms with Gasteiger partial charge in [0.1, 0.15) is 5.82 Å². The fourth-order valence-electron chi connectivity index (χ4n) is 2.69. The molecule has 1 heterocycles. The summed E-state index contributed by atoms with van der Waals surface area (Å²) in [5, 5.41) is 9.74. The fourth-order valence-corrected chi connectivity index (χ4v) is 2.69. The third-order valence-electron chi connectivity index (χ3n) is 3.81. The summed E-state index contributed by atoms with van der Waals surface area (Å²) in [5.74, 6) is -0.333. The minimum absolute atomic E-state index is 0.333. The zero-order valence-electron chi connectivity index (χ0n) is 11.8. The lowest BCUT2D eigenvalue weighted by Gasteiger charge is -2.26. The van der Waals surface area contributed by atoms with Crippen LogP contribution < -0.4 is 4.90 Å². The summed E-state index contributed by atoms with van der Waals surface area (Å²) in [6.07, 6.45) is 1.77. The van der Waals surface area contributed by atoms with Crippen LogP contribution in [-0.4, -0.2) is 43.2 Å². The topological polar surface area (TPSA) is 26.7 Å². The van der Waals surface area contributed by atoms with Crippen LogP contribution in [0.15, 0.2) is 18.2 Å². The monoisotopic (exact) mass is 266 g/mol. The lowest BCUT2D eigenvalue weighted by Crippen LogP contribution is -2.32. The quantitative estimate of drug-likeness (QED) is 0.886. The number of anilines is 1. The lowest BCUT2D eigenvalue weighted by atomic mass is 10.1. The summed E-state index contributed by atoms with van der Waals surface area (Å²) in [5.41, 5.74) is 1.18. The van der Waals surface area contributed by atoms with Gasteiger partial charge in [0, 0.05) is 31.4 Å². The molecule has 0 spiro atoms. The number of rotatable bonds is 5. The van der Waals surface area contributed by atoms with Gasteiger partial charge in [-0.2, -0.15) is 0 Å². The first kappa shape index (κ1) is 14.3. The average molecular weight is 266 g/mol. The molecule has 2 rings (SSSR count). The van der Waals surface area contributed by atoms with E-state index >= 15 is 0 Å². The van der Waals surface area contributed by atoms with Gasteiger partial charge in [-0.3, -0.25) is 0 Å². The van der Waals surface area contributed by atoms with E-state index in [4.69, 9.17) is 0 Å². The molecule has 1 aliphatic rings. The Labute approximate surface area is 114 Å². The summed E-state index contributed by atoms with van der Waals surface area (Å²) >= 11 is 0. The lowest BCUT2D eigenvalue weighted by molar-refractivity contribution is 0.194. The fraction of sp³-hybridized carbons (Fsp3) is 0.600. The highest BCUT2D eigenvalue weighted by Crippen LogP contribution is 2.28. The molecule has 1 aromatic rings. The van der Waals surface area contributed by atoms with Gasteiger partial charge in [-0.1, -0.05) is 6.07 Å². The number of nitrogens with zero attached hydrogens (tertiary/aromatic N) is 2. The first-order valence-corrected chi connectivity index (χ1v) is 6.99. The maximum absolute atomic E-state index is 13.8. The van der Waals surface area contributed by atoms with Crippen LogP contribution in [0.4, 0.5) is 10.1 Å². The molecule has 0 aliphatic carbocycles. The van der Waals surface area contributed by atoms with E-state index < -0.39 is 6.10 Å². The Hall–Kier alpha value is -1.13. The maximum Gasteiger partial charge on any atom is 0.131 e. The highest BCUT2D eigenvalue weighted by Gasteiger charge is 2.17. The predicted molar refractivity (Wildman–Crippen MR) is 76.0 cm³/mol. The van der Waals surface area contributed by atoms with Crippen molar-refractivity contribution in [2.45, 2.75) is 25.9 Å². The third kappa shape index (κ3) is 3.45. The minimum atomic E-state index is -0.787. The molecule has 0 aromatic heterocycles.